The van der Waals surface area contributed by atoms with Crippen LogP contribution in [-0.4, -0.2) is 73.3 Å². The molecule has 2 unspecified atom stereocenters. The second-order valence-electron chi connectivity index (χ2n) is 7.79. The third kappa shape index (κ3) is 4.51. The quantitative estimate of drug-likeness (QED) is 0.509. The molecule has 29 heavy (non-hydrogen) atoms. The van der Waals surface area contributed by atoms with E-state index in [2.05, 4.69) is 16.0 Å². The number of ether oxygens (including phenoxy) is 1. The first-order valence-corrected chi connectivity index (χ1v) is 9.72. The molecule has 0 aliphatic carbocycles. The number of likely N-dealkylation sites (N-methyl/N-ethyl adjacent to an activating group) is 1. The largest absolute Gasteiger partial charge is 0.465 e. The molecule has 3 rings (SSSR count). The van der Waals surface area contributed by atoms with Crippen LogP contribution in [0.15, 0.2) is 30.3 Å². The van der Waals surface area contributed by atoms with Crippen molar-refractivity contribution in [3.63, 3.8) is 0 Å². The molecule has 9 nitrogen and oxygen atoms in total. The number of carbonyl (C=O) groups is 3. The van der Waals surface area contributed by atoms with E-state index in [4.69, 9.17) is 9.84 Å². The molecule has 0 aromatic heterocycles. The van der Waals surface area contributed by atoms with E-state index in [1.54, 1.807) is 6.92 Å². The Morgan fingerprint density at radius 3 is 2.62 bits per heavy atom. The molecule has 0 saturated carbocycles. The lowest BCUT2D eigenvalue weighted by Gasteiger charge is -2.49. The lowest BCUT2D eigenvalue weighted by Crippen LogP contribution is -2.65. The summed E-state index contributed by atoms with van der Waals surface area (Å²) in [6, 6.07) is 8.75. The zero-order chi connectivity index (χ0) is 21.0. The minimum absolute atomic E-state index is 0.260. The van der Waals surface area contributed by atoms with E-state index in [0.717, 1.165) is 5.56 Å². The molecule has 3 atom stereocenters. The Morgan fingerprint density at radius 1 is 1.31 bits per heavy atom. The molecule has 9 heteroatoms. The number of rotatable bonds is 7. The van der Waals surface area contributed by atoms with Crippen LogP contribution in [0.1, 0.15) is 12.5 Å². The van der Waals surface area contributed by atoms with Crippen molar-refractivity contribution in [1.82, 2.24) is 20.9 Å². The number of benzene rings is 1. The van der Waals surface area contributed by atoms with Crippen LogP contribution >= 0.6 is 0 Å². The van der Waals surface area contributed by atoms with Gasteiger partial charge >= 0.3 is 6.09 Å². The summed E-state index contributed by atoms with van der Waals surface area (Å²) in [6.07, 6.45) is -1.52. The SMILES string of the molecule is CNC(=O)C(NC(=O)[C@@H]1CNCC12CN(C(=O)O)C2)C(C)OCc1ccccc1. The van der Waals surface area contributed by atoms with Gasteiger partial charge in [-0.2, -0.15) is 0 Å². The van der Waals surface area contributed by atoms with Crippen LogP contribution in [-0.2, 0) is 20.9 Å². The Bertz CT molecular complexity index is 750. The normalized spacial score (nSPS) is 21.9. The Hall–Kier alpha value is -2.65. The van der Waals surface area contributed by atoms with Gasteiger partial charge in [0.2, 0.25) is 11.8 Å². The Labute approximate surface area is 169 Å². The van der Waals surface area contributed by atoms with E-state index >= 15 is 0 Å². The minimum atomic E-state index is -0.979. The van der Waals surface area contributed by atoms with Crippen LogP contribution in [0, 0.1) is 11.3 Å². The first-order chi connectivity index (χ1) is 13.9. The summed E-state index contributed by atoms with van der Waals surface area (Å²) in [5, 5.41) is 17.7. The van der Waals surface area contributed by atoms with Crippen molar-refractivity contribution < 1.29 is 24.2 Å². The smallest absolute Gasteiger partial charge is 0.407 e. The van der Waals surface area contributed by atoms with Crippen LogP contribution < -0.4 is 16.0 Å². The van der Waals surface area contributed by atoms with Gasteiger partial charge in [-0.3, -0.25) is 9.59 Å². The second-order valence-corrected chi connectivity index (χ2v) is 7.79. The van der Waals surface area contributed by atoms with Gasteiger partial charge in [0.1, 0.15) is 6.04 Å². The maximum atomic E-state index is 13.0. The highest BCUT2D eigenvalue weighted by atomic mass is 16.5. The topological polar surface area (TPSA) is 120 Å². The fourth-order valence-corrected chi connectivity index (χ4v) is 4.06. The number of amides is 3. The van der Waals surface area contributed by atoms with Crippen LogP contribution in [0.4, 0.5) is 4.79 Å². The van der Waals surface area contributed by atoms with Crippen LogP contribution in [0.3, 0.4) is 0 Å². The summed E-state index contributed by atoms with van der Waals surface area (Å²) in [5.74, 6) is -0.991. The molecule has 1 spiro atoms. The highest BCUT2D eigenvalue weighted by Gasteiger charge is 2.56. The van der Waals surface area contributed by atoms with Gasteiger partial charge in [-0.25, -0.2) is 4.79 Å². The number of carboxylic acid groups (broad SMARTS) is 1. The summed E-state index contributed by atoms with van der Waals surface area (Å²) >= 11 is 0. The average molecular weight is 404 g/mol. The van der Waals surface area contributed by atoms with Gasteiger partial charge < -0.3 is 30.7 Å². The molecule has 0 radical (unpaired) electrons. The highest BCUT2D eigenvalue weighted by molar-refractivity contribution is 5.89. The predicted octanol–water partition coefficient (Wildman–Crippen LogP) is 0.0219. The molecule has 4 N–H and O–H groups in total. The number of carbonyl (C=O) groups excluding carboxylic acids is 2. The van der Waals surface area contributed by atoms with Gasteiger partial charge in [-0.05, 0) is 12.5 Å². The first-order valence-electron chi connectivity index (χ1n) is 9.72. The summed E-state index contributed by atoms with van der Waals surface area (Å²) in [5.41, 5.74) is 0.563. The van der Waals surface area contributed by atoms with Crippen molar-refractivity contribution >= 4 is 17.9 Å². The van der Waals surface area contributed by atoms with Crippen molar-refractivity contribution in [1.29, 1.82) is 0 Å². The molecule has 2 aliphatic heterocycles. The summed E-state index contributed by atoms with van der Waals surface area (Å²) in [7, 11) is 1.51. The fraction of sp³-hybridized carbons (Fsp3) is 0.550. The second kappa shape index (κ2) is 8.79. The van der Waals surface area contributed by atoms with Gasteiger partial charge in [-0.15, -0.1) is 0 Å². The third-order valence-corrected chi connectivity index (χ3v) is 5.82. The molecule has 2 heterocycles. The fourth-order valence-electron chi connectivity index (χ4n) is 4.06. The minimum Gasteiger partial charge on any atom is -0.465 e. The zero-order valence-electron chi connectivity index (χ0n) is 16.7. The van der Waals surface area contributed by atoms with Gasteiger partial charge in [0.25, 0.3) is 0 Å². The molecule has 1 aromatic carbocycles. The summed E-state index contributed by atoms with van der Waals surface area (Å²) in [4.78, 5) is 37.8. The number of likely N-dealkylation sites (tertiary alicyclic amines) is 1. The van der Waals surface area contributed by atoms with Crippen LogP contribution in [0.25, 0.3) is 0 Å². The first kappa shape index (κ1) is 21.1. The van der Waals surface area contributed by atoms with E-state index in [-0.39, 0.29) is 11.8 Å². The average Bonchev–Trinajstić information content (AvgIpc) is 3.14. The molecular formula is C20H28N4O5. The van der Waals surface area contributed by atoms with E-state index in [0.29, 0.717) is 32.8 Å². The highest BCUT2D eigenvalue weighted by Crippen LogP contribution is 2.40. The van der Waals surface area contributed by atoms with Gasteiger partial charge in [0.05, 0.1) is 18.6 Å². The lowest BCUT2D eigenvalue weighted by atomic mass is 9.71. The standard InChI is InChI=1S/C20H28N4O5/c1-13(29-9-14-6-4-3-5-7-14)16(18(26)21-2)23-17(25)15-8-22-10-20(15)11-24(12-20)19(27)28/h3-7,13,15-16,22H,8-12H2,1-2H3,(H,21,26)(H,23,25)(H,27,28)/t13?,15-,16?/m0/s1. The van der Waals surface area contributed by atoms with Crippen molar-refractivity contribution in [2.45, 2.75) is 25.7 Å². The van der Waals surface area contributed by atoms with E-state index in [1.165, 1.54) is 11.9 Å². The van der Waals surface area contributed by atoms with Gasteiger partial charge in [-0.1, -0.05) is 30.3 Å². The third-order valence-electron chi connectivity index (χ3n) is 5.82. The number of hydrogen-bond acceptors (Lipinski definition) is 5. The molecule has 0 bridgehead atoms. The van der Waals surface area contributed by atoms with Crippen molar-refractivity contribution in [2.24, 2.45) is 11.3 Å². The maximum Gasteiger partial charge on any atom is 0.407 e. The van der Waals surface area contributed by atoms with Crippen molar-refractivity contribution in [3.05, 3.63) is 35.9 Å². The van der Waals surface area contributed by atoms with E-state index in [9.17, 15) is 14.4 Å². The number of nitrogens with one attached hydrogen (secondary N) is 3. The van der Waals surface area contributed by atoms with Gasteiger partial charge in [0, 0.05) is 38.6 Å². The van der Waals surface area contributed by atoms with Gasteiger partial charge in [0.15, 0.2) is 0 Å². The Morgan fingerprint density at radius 2 is 2.00 bits per heavy atom. The molecule has 158 valence electrons. The molecule has 2 aliphatic rings. The molecule has 2 saturated heterocycles. The molecular weight excluding hydrogens is 376 g/mol. The lowest BCUT2D eigenvalue weighted by molar-refractivity contribution is -0.138. The monoisotopic (exact) mass is 404 g/mol. The molecule has 1 aromatic rings. The maximum absolute atomic E-state index is 13.0. The summed E-state index contributed by atoms with van der Waals surface area (Å²) < 4.78 is 5.84. The Kier molecular flexibility index (Phi) is 6.39. The Balaban J connectivity index is 1.62. The molecule has 2 fully saturated rings. The van der Waals surface area contributed by atoms with Crippen molar-refractivity contribution in [2.75, 3.05) is 33.2 Å². The van der Waals surface area contributed by atoms with Crippen LogP contribution in [0.2, 0.25) is 0 Å². The zero-order valence-corrected chi connectivity index (χ0v) is 16.7. The van der Waals surface area contributed by atoms with Crippen LogP contribution in [0.5, 0.6) is 0 Å². The summed E-state index contributed by atoms with van der Waals surface area (Å²) in [6.45, 7) is 3.75. The number of hydrogen-bond donors (Lipinski definition) is 4. The number of nitrogens with zero attached hydrogens (tertiary/aromatic N) is 1. The van der Waals surface area contributed by atoms with E-state index in [1.807, 2.05) is 30.3 Å². The van der Waals surface area contributed by atoms with E-state index < -0.39 is 29.6 Å². The molecule has 3 amide bonds. The van der Waals surface area contributed by atoms with Crippen molar-refractivity contribution in [3.8, 4) is 0 Å². The predicted molar refractivity (Wildman–Crippen MR) is 105 cm³/mol.